The van der Waals surface area contributed by atoms with Gasteiger partial charge in [-0.05, 0) is 12.8 Å². The van der Waals surface area contributed by atoms with Crippen molar-refractivity contribution in [3.8, 4) is 0 Å². The van der Waals surface area contributed by atoms with E-state index in [1.165, 1.54) is 25.7 Å². The first-order valence-electron chi connectivity index (χ1n) is 6.99. The van der Waals surface area contributed by atoms with E-state index in [1.807, 2.05) is 0 Å². The fraction of sp³-hybridized carbons (Fsp3) is 0.846. The van der Waals surface area contributed by atoms with Gasteiger partial charge in [0.25, 0.3) is 0 Å². The third-order valence-corrected chi connectivity index (χ3v) is 3.54. The summed E-state index contributed by atoms with van der Waals surface area (Å²) in [6, 6.07) is 0.745. The maximum Gasteiger partial charge on any atom is 0.150 e. The van der Waals surface area contributed by atoms with Gasteiger partial charge in [-0.2, -0.15) is 5.10 Å². The Morgan fingerprint density at radius 2 is 2.00 bits per heavy atom. The van der Waals surface area contributed by atoms with Crippen LogP contribution in [0.25, 0.3) is 0 Å². The van der Waals surface area contributed by atoms with Crippen molar-refractivity contribution in [2.24, 2.45) is 0 Å². The first kappa shape index (κ1) is 12.6. The summed E-state index contributed by atoms with van der Waals surface area (Å²) in [7, 11) is 0. The molecular formula is C13H24N4. The Balaban J connectivity index is 1.82. The lowest BCUT2D eigenvalue weighted by atomic mass is 10.2. The molecule has 1 heterocycles. The van der Waals surface area contributed by atoms with Gasteiger partial charge in [0.05, 0.1) is 6.54 Å². The van der Waals surface area contributed by atoms with Crippen molar-refractivity contribution in [2.45, 2.75) is 65.0 Å². The maximum absolute atomic E-state index is 4.53. The summed E-state index contributed by atoms with van der Waals surface area (Å²) in [5.74, 6) is 2.10. The third-order valence-electron chi connectivity index (χ3n) is 3.54. The molecule has 1 N–H and O–H groups in total. The Hall–Kier alpha value is -0.900. The molecule has 1 aromatic rings. The molecule has 0 bridgehead atoms. The van der Waals surface area contributed by atoms with Gasteiger partial charge in [0.15, 0.2) is 5.82 Å². The lowest BCUT2D eigenvalue weighted by Crippen LogP contribution is -2.30. The largest absolute Gasteiger partial charge is 0.312 e. The molecule has 0 aliphatic heterocycles. The molecule has 0 saturated heterocycles. The average molecular weight is 236 g/mol. The number of hydrogen-bond donors (Lipinski definition) is 1. The Morgan fingerprint density at radius 3 is 2.65 bits per heavy atom. The number of hydrogen-bond acceptors (Lipinski definition) is 3. The minimum atomic E-state index is 0.745. The van der Waals surface area contributed by atoms with Crippen LogP contribution in [-0.2, 0) is 19.4 Å². The van der Waals surface area contributed by atoms with Crippen LogP contribution in [0.3, 0.4) is 0 Å². The van der Waals surface area contributed by atoms with Gasteiger partial charge in [0.1, 0.15) is 5.82 Å². The highest BCUT2D eigenvalue weighted by Crippen LogP contribution is 2.17. The van der Waals surface area contributed by atoms with E-state index in [-0.39, 0.29) is 0 Å². The molecule has 96 valence electrons. The van der Waals surface area contributed by atoms with Crippen molar-refractivity contribution in [2.75, 3.05) is 6.54 Å². The van der Waals surface area contributed by atoms with Crippen LogP contribution >= 0.6 is 0 Å². The lowest BCUT2D eigenvalue weighted by molar-refractivity contribution is 0.472. The molecule has 0 atom stereocenters. The highest BCUT2D eigenvalue weighted by molar-refractivity contribution is 4.92. The SMILES string of the molecule is CCc1nc(CC)n(CCNC2CCCC2)n1. The molecule has 4 heteroatoms. The van der Waals surface area contributed by atoms with Crippen molar-refractivity contribution in [3.05, 3.63) is 11.6 Å². The Kier molecular flexibility index (Phi) is 4.54. The van der Waals surface area contributed by atoms with Crippen LogP contribution in [0.5, 0.6) is 0 Å². The van der Waals surface area contributed by atoms with Gasteiger partial charge in [-0.15, -0.1) is 0 Å². The van der Waals surface area contributed by atoms with Crippen molar-refractivity contribution < 1.29 is 0 Å². The molecule has 0 unspecified atom stereocenters. The molecule has 1 aliphatic rings. The summed E-state index contributed by atoms with van der Waals surface area (Å²) in [4.78, 5) is 4.52. The van der Waals surface area contributed by atoms with Crippen LogP contribution in [0.4, 0.5) is 0 Å². The highest BCUT2D eigenvalue weighted by Gasteiger charge is 2.14. The first-order chi connectivity index (χ1) is 8.33. The number of aromatic nitrogens is 3. The van der Waals surface area contributed by atoms with Gasteiger partial charge in [-0.25, -0.2) is 9.67 Å². The number of aryl methyl sites for hydroxylation is 2. The summed E-state index contributed by atoms with van der Waals surface area (Å²) < 4.78 is 2.07. The topological polar surface area (TPSA) is 42.7 Å². The summed E-state index contributed by atoms with van der Waals surface area (Å²) >= 11 is 0. The summed E-state index contributed by atoms with van der Waals surface area (Å²) in [5.41, 5.74) is 0. The minimum Gasteiger partial charge on any atom is -0.312 e. The van der Waals surface area contributed by atoms with E-state index in [9.17, 15) is 0 Å². The van der Waals surface area contributed by atoms with Crippen molar-refractivity contribution in [3.63, 3.8) is 0 Å². The Labute approximate surface area is 104 Å². The quantitative estimate of drug-likeness (QED) is 0.820. The van der Waals surface area contributed by atoms with E-state index in [0.29, 0.717) is 0 Å². The second-order valence-electron chi connectivity index (χ2n) is 4.81. The molecule has 1 aliphatic carbocycles. The average Bonchev–Trinajstić information content (AvgIpc) is 2.98. The maximum atomic E-state index is 4.53. The molecule has 2 rings (SSSR count). The first-order valence-corrected chi connectivity index (χ1v) is 6.99. The van der Waals surface area contributed by atoms with E-state index < -0.39 is 0 Å². The molecule has 17 heavy (non-hydrogen) atoms. The predicted octanol–water partition coefficient (Wildman–Crippen LogP) is 1.94. The summed E-state index contributed by atoms with van der Waals surface area (Å²) in [5, 5.41) is 8.15. The van der Waals surface area contributed by atoms with Crippen LogP contribution in [-0.4, -0.2) is 27.4 Å². The summed E-state index contributed by atoms with van der Waals surface area (Å²) in [6.45, 7) is 6.22. The standard InChI is InChI=1S/C13H24N4/c1-3-12-15-13(4-2)17(16-12)10-9-14-11-7-5-6-8-11/h11,14H,3-10H2,1-2H3. The fourth-order valence-corrected chi connectivity index (χ4v) is 2.52. The smallest absolute Gasteiger partial charge is 0.150 e. The van der Waals surface area contributed by atoms with Gasteiger partial charge < -0.3 is 5.32 Å². The van der Waals surface area contributed by atoms with Crippen molar-refractivity contribution >= 4 is 0 Å². The number of nitrogens with one attached hydrogen (secondary N) is 1. The number of rotatable bonds is 6. The normalized spacial score (nSPS) is 16.8. The molecule has 1 fully saturated rings. The van der Waals surface area contributed by atoms with Gasteiger partial charge in [0.2, 0.25) is 0 Å². The fourth-order valence-electron chi connectivity index (χ4n) is 2.52. The van der Waals surface area contributed by atoms with Crippen LogP contribution in [0.1, 0.15) is 51.2 Å². The van der Waals surface area contributed by atoms with Crippen molar-refractivity contribution in [1.82, 2.24) is 20.1 Å². The Bertz CT molecular complexity index is 339. The predicted molar refractivity (Wildman–Crippen MR) is 69.0 cm³/mol. The highest BCUT2D eigenvalue weighted by atomic mass is 15.3. The van der Waals surface area contributed by atoms with Crippen LogP contribution in [0.15, 0.2) is 0 Å². The van der Waals surface area contributed by atoms with E-state index in [2.05, 4.69) is 33.9 Å². The number of nitrogens with zero attached hydrogens (tertiary/aromatic N) is 3. The van der Waals surface area contributed by atoms with E-state index in [0.717, 1.165) is 43.6 Å². The van der Waals surface area contributed by atoms with E-state index in [1.54, 1.807) is 0 Å². The van der Waals surface area contributed by atoms with Crippen LogP contribution in [0, 0.1) is 0 Å². The van der Waals surface area contributed by atoms with Gasteiger partial charge >= 0.3 is 0 Å². The summed E-state index contributed by atoms with van der Waals surface area (Å²) in [6.07, 6.45) is 7.37. The lowest BCUT2D eigenvalue weighted by Gasteiger charge is -2.12. The van der Waals surface area contributed by atoms with Crippen molar-refractivity contribution in [1.29, 1.82) is 0 Å². The van der Waals surface area contributed by atoms with Gasteiger partial charge in [0, 0.05) is 25.4 Å². The van der Waals surface area contributed by atoms with E-state index in [4.69, 9.17) is 0 Å². The molecule has 1 aromatic heterocycles. The molecule has 1 saturated carbocycles. The van der Waals surface area contributed by atoms with Gasteiger partial charge in [-0.3, -0.25) is 0 Å². The van der Waals surface area contributed by atoms with Crippen LogP contribution in [0.2, 0.25) is 0 Å². The molecule has 4 nitrogen and oxygen atoms in total. The molecule has 0 radical (unpaired) electrons. The third kappa shape index (κ3) is 3.28. The molecule has 0 spiro atoms. The van der Waals surface area contributed by atoms with E-state index >= 15 is 0 Å². The zero-order valence-electron chi connectivity index (χ0n) is 11.1. The zero-order valence-corrected chi connectivity index (χ0v) is 11.1. The molecular weight excluding hydrogens is 212 g/mol. The second-order valence-corrected chi connectivity index (χ2v) is 4.81. The minimum absolute atomic E-state index is 0.745. The van der Waals surface area contributed by atoms with Gasteiger partial charge in [-0.1, -0.05) is 26.7 Å². The zero-order chi connectivity index (χ0) is 12.1. The Morgan fingerprint density at radius 1 is 1.24 bits per heavy atom. The monoisotopic (exact) mass is 236 g/mol. The molecule has 0 aromatic carbocycles. The second kappa shape index (κ2) is 6.15. The molecule has 0 amide bonds. The van der Waals surface area contributed by atoms with Crippen LogP contribution < -0.4 is 5.32 Å².